The zero-order valence-corrected chi connectivity index (χ0v) is 9.90. The van der Waals surface area contributed by atoms with E-state index in [0.29, 0.717) is 23.8 Å². The Balaban J connectivity index is 2.43. The van der Waals surface area contributed by atoms with Gasteiger partial charge in [-0.25, -0.2) is 0 Å². The molecule has 3 nitrogen and oxygen atoms in total. The molecule has 3 heteroatoms. The summed E-state index contributed by atoms with van der Waals surface area (Å²) in [5.41, 5.74) is 5.65. The molecule has 0 aromatic carbocycles. The number of amides is 1. The van der Waals surface area contributed by atoms with Gasteiger partial charge in [-0.15, -0.1) is 0 Å². The van der Waals surface area contributed by atoms with Gasteiger partial charge in [0.1, 0.15) is 5.76 Å². The molecule has 0 saturated heterocycles. The molecule has 0 bridgehead atoms. The average molecular weight is 221 g/mol. The molecule has 1 heterocycles. The largest absolute Gasteiger partial charge is 0.469 e. The normalized spacial score (nSPS) is 14.4. The van der Waals surface area contributed by atoms with Crippen molar-refractivity contribution < 1.29 is 9.21 Å². The molecule has 2 atom stereocenters. The Hall–Kier alpha value is -1.51. The van der Waals surface area contributed by atoms with Gasteiger partial charge in [0.25, 0.3) is 0 Å². The van der Waals surface area contributed by atoms with Gasteiger partial charge < -0.3 is 10.2 Å². The summed E-state index contributed by atoms with van der Waals surface area (Å²) >= 11 is 0. The standard InChI is InChI=1S/C13H19NO2/c1-9(8-11(3)13(14)15)7-10(2)12-5-4-6-16-12/h4-6,9-10H,3,7-8H2,1-2H3,(H2,14,15). The maximum Gasteiger partial charge on any atom is 0.244 e. The van der Waals surface area contributed by atoms with Crippen LogP contribution in [-0.2, 0) is 4.79 Å². The summed E-state index contributed by atoms with van der Waals surface area (Å²) in [5.74, 6) is 1.31. The second-order valence-electron chi connectivity index (χ2n) is 4.43. The van der Waals surface area contributed by atoms with E-state index in [0.717, 1.165) is 12.2 Å². The molecule has 2 N–H and O–H groups in total. The lowest BCUT2D eigenvalue weighted by molar-refractivity contribution is -0.114. The number of carbonyl (C=O) groups is 1. The lowest BCUT2D eigenvalue weighted by atomic mass is 9.90. The number of nitrogens with two attached hydrogens (primary N) is 1. The number of rotatable bonds is 6. The molecule has 0 aliphatic rings. The van der Waals surface area contributed by atoms with E-state index in [1.54, 1.807) is 6.26 Å². The molecule has 1 amide bonds. The molecular weight excluding hydrogens is 202 g/mol. The number of hydrogen-bond donors (Lipinski definition) is 1. The fraction of sp³-hybridized carbons (Fsp3) is 0.462. The number of carbonyl (C=O) groups excluding carboxylic acids is 1. The van der Waals surface area contributed by atoms with Crippen molar-refractivity contribution in [2.24, 2.45) is 11.7 Å². The Morgan fingerprint density at radius 1 is 1.56 bits per heavy atom. The smallest absolute Gasteiger partial charge is 0.244 e. The van der Waals surface area contributed by atoms with Crippen molar-refractivity contribution >= 4 is 5.91 Å². The SMILES string of the molecule is C=C(CC(C)CC(C)c1ccco1)C(N)=O. The van der Waals surface area contributed by atoms with Crippen LogP contribution in [0.25, 0.3) is 0 Å². The summed E-state index contributed by atoms with van der Waals surface area (Å²) in [4.78, 5) is 10.9. The van der Waals surface area contributed by atoms with Gasteiger partial charge in [-0.1, -0.05) is 20.4 Å². The summed E-state index contributed by atoms with van der Waals surface area (Å²) < 4.78 is 5.33. The minimum absolute atomic E-state index is 0.352. The number of primary amides is 1. The summed E-state index contributed by atoms with van der Waals surface area (Å²) in [6.45, 7) is 7.87. The molecule has 0 fully saturated rings. The first-order chi connectivity index (χ1) is 7.50. The predicted molar refractivity (Wildman–Crippen MR) is 63.9 cm³/mol. The molecule has 0 spiro atoms. The highest BCUT2D eigenvalue weighted by Crippen LogP contribution is 2.26. The van der Waals surface area contributed by atoms with E-state index >= 15 is 0 Å². The molecule has 88 valence electrons. The predicted octanol–water partition coefficient (Wildman–Crippen LogP) is 2.84. The van der Waals surface area contributed by atoms with Gasteiger partial charge in [0, 0.05) is 11.5 Å². The maximum atomic E-state index is 10.9. The van der Waals surface area contributed by atoms with Crippen LogP contribution in [0.3, 0.4) is 0 Å². The number of furan rings is 1. The van der Waals surface area contributed by atoms with E-state index in [1.165, 1.54) is 0 Å². The van der Waals surface area contributed by atoms with Crippen molar-refractivity contribution in [3.8, 4) is 0 Å². The Labute approximate surface area is 96.3 Å². The van der Waals surface area contributed by atoms with Crippen molar-refractivity contribution in [3.05, 3.63) is 36.3 Å². The highest BCUT2D eigenvalue weighted by molar-refractivity contribution is 5.91. The lowest BCUT2D eigenvalue weighted by Gasteiger charge is -2.15. The van der Waals surface area contributed by atoms with Crippen molar-refractivity contribution in [1.29, 1.82) is 0 Å². The second-order valence-corrected chi connectivity index (χ2v) is 4.43. The molecular formula is C13H19NO2. The third-order valence-electron chi connectivity index (χ3n) is 2.73. The topological polar surface area (TPSA) is 56.2 Å². The van der Waals surface area contributed by atoms with Crippen molar-refractivity contribution in [1.82, 2.24) is 0 Å². The Bertz CT molecular complexity index is 354. The first-order valence-electron chi connectivity index (χ1n) is 5.51. The van der Waals surface area contributed by atoms with Gasteiger partial charge in [0.15, 0.2) is 0 Å². The van der Waals surface area contributed by atoms with Gasteiger partial charge in [0.05, 0.1) is 6.26 Å². The van der Waals surface area contributed by atoms with Crippen LogP contribution in [0.5, 0.6) is 0 Å². The molecule has 0 radical (unpaired) electrons. The van der Waals surface area contributed by atoms with Gasteiger partial charge in [-0.3, -0.25) is 4.79 Å². The van der Waals surface area contributed by atoms with Crippen LogP contribution in [0.2, 0.25) is 0 Å². The molecule has 0 aliphatic heterocycles. The summed E-state index contributed by atoms with van der Waals surface area (Å²) in [6.07, 6.45) is 3.29. The molecule has 1 aromatic rings. The fourth-order valence-electron chi connectivity index (χ4n) is 1.90. The Morgan fingerprint density at radius 2 is 2.25 bits per heavy atom. The molecule has 2 unspecified atom stereocenters. The molecule has 16 heavy (non-hydrogen) atoms. The quantitative estimate of drug-likeness (QED) is 0.751. The van der Waals surface area contributed by atoms with E-state index in [1.807, 2.05) is 12.1 Å². The zero-order valence-electron chi connectivity index (χ0n) is 9.90. The van der Waals surface area contributed by atoms with Crippen molar-refractivity contribution in [2.75, 3.05) is 0 Å². The summed E-state index contributed by atoms with van der Waals surface area (Å²) in [5, 5.41) is 0. The minimum Gasteiger partial charge on any atom is -0.469 e. The Kier molecular flexibility index (Phi) is 4.35. The first kappa shape index (κ1) is 12.6. The van der Waals surface area contributed by atoms with Crippen LogP contribution >= 0.6 is 0 Å². The van der Waals surface area contributed by atoms with Crippen molar-refractivity contribution in [3.63, 3.8) is 0 Å². The van der Waals surface area contributed by atoms with Gasteiger partial charge in [0.2, 0.25) is 5.91 Å². The van der Waals surface area contributed by atoms with Gasteiger partial charge >= 0.3 is 0 Å². The van der Waals surface area contributed by atoms with E-state index in [2.05, 4.69) is 20.4 Å². The molecule has 0 aliphatic carbocycles. The van der Waals surface area contributed by atoms with Crippen LogP contribution in [0.1, 0.15) is 38.4 Å². The lowest BCUT2D eigenvalue weighted by Crippen LogP contribution is -2.15. The molecule has 0 saturated carbocycles. The highest BCUT2D eigenvalue weighted by Gasteiger charge is 2.15. The fourth-order valence-corrected chi connectivity index (χ4v) is 1.90. The van der Waals surface area contributed by atoms with E-state index in [9.17, 15) is 4.79 Å². The monoisotopic (exact) mass is 221 g/mol. The van der Waals surface area contributed by atoms with Crippen molar-refractivity contribution in [2.45, 2.75) is 32.6 Å². The maximum absolute atomic E-state index is 10.9. The first-order valence-corrected chi connectivity index (χ1v) is 5.51. The molecule has 1 aromatic heterocycles. The van der Waals surface area contributed by atoms with Crippen LogP contribution in [0.4, 0.5) is 0 Å². The third-order valence-corrected chi connectivity index (χ3v) is 2.73. The average Bonchev–Trinajstić information content (AvgIpc) is 2.69. The summed E-state index contributed by atoms with van der Waals surface area (Å²) in [7, 11) is 0. The third kappa shape index (κ3) is 3.57. The van der Waals surface area contributed by atoms with Crippen LogP contribution in [0, 0.1) is 5.92 Å². The second kappa shape index (κ2) is 5.54. The van der Waals surface area contributed by atoms with Crippen LogP contribution in [0.15, 0.2) is 35.0 Å². The highest BCUT2D eigenvalue weighted by atomic mass is 16.3. The van der Waals surface area contributed by atoms with E-state index in [-0.39, 0.29) is 0 Å². The van der Waals surface area contributed by atoms with E-state index < -0.39 is 5.91 Å². The van der Waals surface area contributed by atoms with E-state index in [4.69, 9.17) is 10.2 Å². The summed E-state index contributed by atoms with van der Waals surface area (Å²) in [6, 6.07) is 3.86. The van der Waals surface area contributed by atoms with Crippen LogP contribution < -0.4 is 5.73 Å². The number of hydrogen-bond acceptors (Lipinski definition) is 2. The minimum atomic E-state index is -0.405. The van der Waals surface area contributed by atoms with Gasteiger partial charge in [-0.2, -0.15) is 0 Å². The van der Waals surface area contributed by atoms with Crippen LogP contribution in [-0.4, -0.2) is 5.91 Å². The van der Waals surface area contributed by atoms with Gasteiger partial charge in [-0.05, 0) is 30.9 Å². The Morgan fingerprint density at radius 3 is 2.75 bits per heavy atom. The molecule has 1 rings (SSSR count). The zero-order chi connectivity index (χ0) is 12.1.